The fraction of sp³-hybridized carbons (Fsp3) is 0.214. The normalized spacial score (nSPS) is 14.1. The predicted octanol–water partition coefficient (Wildman–Crippen LogP) is 7.99. The number of nitrogens with one attached hydrogen (secondary N) is 1. The van der Waals surface area contributed by atoms with Crippen LogP contribution < -0.4 is 14.3 Å². The first kappa shape index (κ1) is 32.1. The average molecular weight is 646 g/mol. The summed E-state index contributed by atoms with van der Waals surface area (Å²) in [5.41, 5.74) is -0.189. The molecule has 1 unspecified atom stereocenters. The molecule has 0 aliphatic carbocycles. The van der Waals surface area contributed by atoms with E-state index in [9.17, 15) is 36.1 Å². The minimum Gasteiger partial charge on any atom is -0.465 e. The fourth-order valence-corrected chi connectivity index (χ4v) is 6.58. The van der Waals surface area contributed by atoms with Crippen LogP contribution in [-0.4, -0.2) is 24.6 Å². The number of fused-ring (bicyclic) bond motifs is 1. The van der Waals surface area contributed by atoms with Crippen molar-refractivity contribution >= 4 is 40.9 Å². The van der Waals surface area contributed by atoms with E-state index in [4.69, 9.17) is 9.26 Å². The lowest BCUT2D eigenvalue weighted by Crippen LogP contribution is -2.35. The number of halogens is 6. The van der Waals surface area contributed by atoms with Crippen molar-refractivity contribution in [3.05, 3.63) is 94.1 Å². The number of thiophene rings is 1. The summed E-state index contributed by atoms with van der Waals surface area (Å²) >= 11 is 0.720. The zero-order valence-electron chi connectivity index (χ0n) is 22.3. The number of rotatable bonds is 11. The van der Waals surface area contributed by atoms with Crippen molar-refractivity contribution in [2.24, 2.45) is 0 Å². The lowest BCUT2D eigenvalue weighted by Gasteiger charge is -2.26. The van der Waals surface area contributed by atoms with Gasteiger partial charge in [-0.05, 0) is 54.6 Å². The Morgan fingerprint density at radius 3 is 2.19 bits per heavy atom. The van der Waals surface area contributed by atoms with Gasteiger partial charge in [0.1, 0.15) is 16.7 Å². The van der Waals surface area contributed by atoms with E-state index < -0.39 is 66.2 Å². The SMILES string of the molecule is CCCOC(=O)[C@H](C)N[P@](=O)(Oc1ccccc1)C(F)c1ccc2sc(C(=O)Oc3c(F)c(F)c(F)c(F)c3F)cc2c1. The summed E-state index contributed by atoms with van der Waals surface area (Å²) in [7, 11) is -4.55. The molecule has 3 aromatic carbocycles. The third-order valence-electron chi connectivity index (χ3n) is 5.84. The van der Waals surface area contributed by atoms with Crippen LogP contribution in [0.4, 0.5) is 26.3 Å². The lowest BCUT2D eigenvalue weighted by molar-refractivity contribution is -0.145. The molecule has 0 aliphatic heterocycles. The molecule has 0 saturated carbocycles. The molecule has 15 heteroatoms. The molecule has 4 aromatic rings. The molecule has 0 spiro atoms. The first-order valence-electron chi connectivity index (χ1n) is 12.6. The average Bonchev–Trinajstić information content (AvgIpc) is 3.43. The van der Waals surface area contributed by atoms with Gasteiger partial charge in [-0.3, -0.25) is 9.36 Å². The molecule has 0 bridgehead atoms. The van der Waals surface area contributed by atoms with Gasteiger partial charge in [0.05, 0.1) is 6.61 Å². The number of benzene rings is 3. The van der Waals surface area contributed by atoms with E-state index in [2.05, 4.69) is 9.82 Å². The summed E-state index contributed by atoms with van der Waals surface area (Å²) in [6, 6.07) is 11.4. The van der Waals surface area contributed by atoms with Gasteiger partial charge in [-0.15, -0.1) is 11.3 Å². The maximum atomic E-state index is 16.0. The molecule has 1 N–H and O–H groups in total. The van der Waals surface area contributed by atoms with Crippen molar-refractivity contribution in [2.45, 2.75) is 32.2 Å². The molecule has 0 radical (unpaired) electrons. The maximum Gasteiger partial charge on any atom is 0.355 e. The van der Waals surface area contributed by atoms with Crippen molar-refractivity contribution in [3.63, 3.8) is 0 Å². The summed E-state index contributed by atoms with van der Waals surface area (Å²) in [6.45, 7) is 3.20. The summed E-state index contributed by atoms with van der Waals surface area (Å²) in [6.07, 6.45) is 0.528. The molecule has 43 heavy (non-hydrogen) atoms. The second-order valence-corrected chi connectivity index (χ2v) is 12.2. The first-order valence-corrected chi connectivity index (χ1v) is 15.1. The summed E-state index contributed by atoms with van der Waals surface area (Å²) < 4.78 is 114. The lowest BCUT2D eigenvalue weighted by atomic mass is 10.2. The van der Waals surface area contributed by atoms with E-state index in [1.165, 1.54) is 37.3 Å². The van der Waals surface area contributed by atoms with Crippen LogP contribution in [0.1, 0.15) is 41.4 Å². The Labute approximate surface area is 244 Å². The topological polar surface area (TPSA) is 90.9 Å². The number of hydrogen-bond donors (Lipinski definition) is 1. The molecule has 0 fully saturated rings. The smallest absolute Gasteiger partial charge is 0.355 e. The Kier molecular flexibility index (Phi) is 9.83. The minimum absolute atomic E-state index is 0.0462. The molecule has 3 atom stereocenters. The Balaban J connectivity index is 1.63. The van der Waals surface area contributed by atoms with Crippen LogP contribution in [0.15, 0.2) is 54.6 Å². The maximum absolute atomic E-state index is 16.0. The molecule has 0 amide bonds. The number of alkyl halides is 1. The van der Waals surface area contributed by atoms with Gasteiger partial charge in [0.25, 0.3) is 0 Å². The first-order chi connectivity index (χ1) is 20.4. The third-order valence-corrected chi connectivity index (χ3v) is 9.06. The standard InChI is InChI=1S/C28H22F6NO6PS/c1-3-11-39-27(36)14(2)35-42(38,41-17-7-5-4-6-8-17)26(34)15-9-10-18-16(12-15)13-19(43-18)28(37)40-25-23(32)21(30)20(29)22(31)24(25)33/h4-10,12-14,26H,3,11H2,1-2H3,(H,35,38)/t14-,26?,42+/m0/s1. The van der Waals surface area contributed by atoms with E-state index in [1.807, 2.05) is 0 Å². The van der Waals surface area contributed by atoms with Crippen LogP contribution in [0.5, 0.6) is 11.5 Å². The van der Waals surface area contributed by atoms with Gasteiger partial charge in [-0.2, -0.15) is 8.78 Å². The second kappa shape index (κ2) is 13.2. The highest BCUT2D eigenvalue weighted by Crippen LogP contribution is 2.58. The molecule has 1 heterocycles. The van der Waals surface area contributed by atoms with Gasteiger partial charge in [0.15, 0.2) is 0 Å². The highest BCUT2D eigenvalue weighted by Gasteiger charge is 2.41. The van der Waals surface area contributed by atoms with Gasteiger partial charge >= 0.3 is 19.5 Å². The van der Waals surface area contributed by atoms with E-state index in [0.29, 0.717) is 11.1 Å². The largest absolute Gasteiger partial charge is 0.465 e. The predicted molar refractivity (Wildman–Crippen MR) is 145 cm³/mol. The molecular formula is C28H22F6NO6PS. The number of carbonyl (C=O) groups is 2. The molecule has 0 aliphatic rings. The zero-order chi connectivity index (χ0) is 31.5. The highest BCUT2D eigenvalue weighted by atomic mass is 32.1. The summed E-state index contributed by atoms with van der Waals surface area (Å²) in [5.74, 6) is -18.0. The Hall–Kier alpha value is -3.87. The van der Waals surface area contributed by atoms with Gasteiger partial charge in [0.2, 0.25) is 40.7 Å². The van der Waals surface area contributed by atoms with Crippen molar-refractivity contribution in [2.75, 3.05) is 6.61 Å². The van der Waals surface area contributed by atoms with Crippen LogP contribution in [0.25, 0.3) is 10.1 Å². The molecule has 0 saturated heterocycles. The number of carbonyl (C=O) groups excluding carboxylic acids is 2. The summed E-state index contributed by atoms with van der Waals surface area (Å²) in [5, 5.41) is 2.62. The Morgan fingerprint density at radius 2 is 1.56 bits per heavy atom. The quantitative estimate of drug-likeness (QED) is 0.0442. The van der Waals surface area contributed by atoms with Gasteiger partial charge < -0.3 is 14.0 Å². The van der Waals surface area contributed by atoms with Gasteiger partial charge in [-0.1, -0.05) is 31.2 Å². The number of hydrogen-bond acceptors (Lipinski definition) is 7. The van der Waals surface area contributed by atoms with Crippen LogP contribution in [0.2, 0.25) is 0 Å². The van der Waals surface area contributed by atoms with Crippen molar-refractivity contribution < 1.29 is 54.5 Å². The van der Waals surface area contributed by atoms with Crippen molar-refractivity contribution in [1.82, 2.24) is 5.09 Å². The monoisotopic (exact) mass is 645 g/mol. The van der Waals surface area contributed by atoms with E-state index in [-0.39, 0.29) is 28.2 Å². The summed E-state index contributed by atoms with van der Waals surface area (Å²) in [4.78, 5) is 24.6. The molecular weight excluding hydrogens is 623 g/mol. The highest BCUT2D eigenvalue weighted by molar-refractivity contribution is 7.57. The number of ether oxygens (including phenoxy) is 2. The molecule has 1 aromatic heterocycles. The van der Waals surface area contributed by atoms with E-state index >= 15 is 4.39 Å². The molecule has 4 rings (SSSR count). The van der Waals surface area contributed by atoms with Crippen molar-refractivity contribution in [3.8, 4) is 11.5 Å². The zero-order valence-corrected chi connectivity index (χ0v) is 24.0. The van der Waals surface area contributed by atoms with Crippen LogP contribution in [0.3, 0.4) is 0 Å². The number of esters is 2. The van der Waals surface area contributed by atoms with Gasteiger partial charge in [-0.25, -0.2) is 27.4 Å². The van der Waals surface area contributed by atoms with Crippen molar-refractivity contribution in [1.29, 1.82) is 0 Å². The van der Waals surface area contributed by atoms with Gasteiger partial charge in [0, 0.05) is 4.70 Å². The minimum atomic E-state index is -4.55. The third kappa shape index (κ3) is 6.87. The van der Waals surface area contributed by atoms with Crippen LogP contribution in [0, 0.1) is 29.1 Å². The fourth-order valence-electron chi connectivity index (χ4n) is 3.75. The van der Waals surface area contributed by atoms with Crippen LogP contribution in [-0.2, 0) is 14.1 Å². The van der Waals surface area contributed by atoms with E-state index in [1.54, 1.807) is 25.1 Å². The van der Waals surface area contributed by atoms with Crippen LogP contribution >= 0.6 is 18.9 Å². The second-order valence-electron chi connectivity index (χ2n) is 9.05. The van der Waals surface area contributed by atoms with E-state index in [0.717, 1.165) is 17.4 Å². The Morgan fingerprint density at radius 1 is 0.930 bits per heavy atom. The number of para-hydroxylation sites is 1. The molecule has 7 nitrogen and oxygen atoms in total. The Bertz CT molecular complexity index is 1690. The molecule has 228 valence electrons.